The van der Waals surface area contributed by atoms with E-state index in [-0.39, 0.29) is 11.5 Å². The number of para-hydroxylation sites is 1. The van der Waals surface area contributed by atoms with Crippen LogP contribution in [-0.4, -0.2) is 39.4 Å². The van der Waals surface area contributed by atoms with Gasteiger partial charge in [0.15, 0.2) is 5.78 Å². The molecule has 4 rings (SSSR count). The quantitative estimate of drug-likeness (QED) is 0.231. The Bertz CT molecular complexity index is 1280. The van der Waals surface area contributed by atoms with Crippen molar-refractivity contribution in [3.8, 4) is 17.5 Å². The number of carbonyl (C=O) groups is 1. The van der Waals surface area contributed by atoms with Gasteiger partial charge in [-0.2, -0.15) is 5.26 Å². The molecule has 0 spiro atoms. The standard InChI is InChI=1S/C25H25N5O2S/c1-3-29(4-2)19-12-10-18(11-13-19)24-27-28-25(32-24)33-17-23(31)21-16-30(15-7-14-26)22-9-6-5-8-20(21)22/h5-6,8-13,16H,3-4,7,15,17H2,1-2H3. The maximum absolute atomic E-state index is 13.0. The van der Waals surface area contributed by atoms with Gasteiger partial charge in [-0.15, -0.1) is 10.2 Å². The molecule has 0 bridgehead atoms. The molecule has 7 nitrogen and oxygen atoms in total. The smallest absolute Gasteiger partial charge is 0.277 e. The van der Waals surface area contributed by atoms with Crippen LogP contribution in [-0.2, 0) is 6.54 Å². The highest BCUT2D eigenvalue weighted by molar-refractivity contribution is 7.99. The van der Waals surface area contributed by atoms with Gasteiger partial charge in [-0.3, -0.25) is 4.79 Å². The number of aryl methyl sites for hydroxylation is 1. The Balaban J connectivity index is 1.45. The molecule has 33 heavy (non-hydrogen) atoms. The fraction of sp³-hybridized carbons (Fsp3) is 0.280. The number of carbonyl (C=O) groups excluding carboxylic acids is 1. The molecule has 2 heterocycles. The summed E-state index contributed by atoms with van der Waals surface area (Å²) in [6, 6.07) is 17.9. The molecule has 168 valence electrons. The number of hydrogen-bond donors (Lipinski definition) is 0. The zero-order valence-corrected chi connectivity index (χ0v) is 19.5. The van der Waals surface area contributed by atoms with Crippen molar-refractivity contribution in [2.45, 2.75) is 32.0 Å². The van der Waals surface area contributed by atoms with Gasteiger partial charge in [-0.05, 0) is 44.2 Å². The highest BCUT2D eigenvalue weighted by Gasteiger charge is 2.17. The van der Waals surface area contributed by atoms with Gasteiger partial charge in [0.2, 0.25) is 5.89 Å². The molecular weight excluding hydrogens is 434 g/mol. The van der Waals surface area contributed by atoms with Crippen LogP contribution in [0.5, 0.6) is 0 Å². The largest absolute Gasteiger partial charge is 0.411 e. The van der Waals surface area contributed by atoms with Crippen LogP contribution >= 0.6 is 11.8 Å². The zero-order chi connectivity index (χ0) is 23.2. The molecule has 8 heteroatoms. The number of ketones is 1. The van der Waals surface area contributed by atoms with Crippen LogP contribution in [0, 0.1) is 11.3 Å². The van der Waals surface area contributed by atoms with E-state index in [0.29, 0.717) is 29.6 Å². The van der Waals surface area contributed by atoms with Crippen LogP contribution in [0.25, 0.3) is 22.4 Å². The molecule has 2 aromatic heterocycles. The molecule has 0 saturated carbocycles. The number of anilines is 1. The van der Waals surface area contributed by atoms with Gasteiger partial charge in [0.1, 0.15) is 0 Å². The van der Waals surface area contributed by atoms with Gasteiger partial charge in [0, 0.05) is 53.5 Å². The zero-order valence-electron chi connectivity index (χ0n) is 18.7. The van der Waals surface area contributed by atoms with Crippen molar-refractivity contribution in [3.05, 3.63) is 60.3 Å². The van der Waals surface area contributed by atoms with Gasteiger partial charge >= 0.3 is 0 Å². The lowest BCUT2D eigenvalue weighted by Crippen LogP contribution is -2.21. The number of thioether (sulfide) groups is 1. The van der Waals surface area contributed by atoms with Crippen LogP contribution in [0.2, 0.25) is 0 Å². The fourth-order valence-corrected chi connectivity index (χ4v) is 4.46. The lowest BCUT2D eigenvalue weighted by molar-refractivity contribution is 0.102. The molecule has 0 N–H and O–H groups in total. The van der Waals surface area contributed by atoms with Crippen LogP contribution in [0.4, 0.5) is 5.69 Å². The van der Waals surface area contributed by atoms with Crippen LogP contribution in [0.15, 0.2) is 64.4 Å². The van der Waals surface area contributed by atoms with Crippen molar-refractivity contribution in [3.63, 3.8) is 0 Å². The third kappa shape index (κ3) is 4.94. The molecule has 0 unspecified atom stereocenters. The second kappa shape index (κ2) is 10.4. The summed E-state index contributed by atoms with van der Waals surface area (Å²) < 4.78 is 7.75. The SMILES string of the molecule is CCN(CC)c1ccc(-c2nnc(SCC(=O)c3cn(CCC#N)c4ccccc34)o2)cc1. The van der Waals surface area contributed by atoms with Crippen molar-refractivity contribution in [2.24, 2.45) is 0 Å². The minimum Gasteiger partial charge on any atom is -0.411 e. The Kier molecular flexibility index (Phi) is 7.10. The summed E-state index contributed by atoms with van der Waals surface area (Å²) in [5, 5.41) is 18.4. The van der Waals surface area contributed by atoms with Gasteiger partial charge < -0.3 is 13.9 Å². The molecule has 0 fully saturated rings. The third-order valence-electron chi connectivity index (χ3n) is 5.53. The molecular formula is C25H25N5O2S. The van der Waals surface area contributed by atoms with E-state index in [4.69, 9.17) is 9.68 Å². The van der Waals surface area contributed by atoms with E-state index in [1.165, 1.54) is 11.8 Å². The first-order valence-corrected chi connectivity index (χ1v) is 11.9. The summed E-state index contributed by atoms with van der Waals surface area (Å²) in [5.41, 5.74) is 3.59. The highest BCUT2D eigenvalue weighted by Crippen LogP contribution is 2.27. The molecule has 0 radical (unpaired) electrons. The van der Waals surface area contributed by atoms with E-state index in [1.807, 2.05) is 59.3 Å². The van der Waals surface area contributed by atoms with E-state index in [1.54, 1.807) is 0 Å². The monoisotopic (exact) mass is 459 g/mol. The molecule has 0 amide bonds. The molecule has 0 aliphatic rings. The number of Topliss-reactive ketones (excluding diaryl/α,β-unsaturated/α-hetero) is 1. The van der Waals surface area contributed by atoms with Crippen LogP contribution < -0.4 is 4.90 Å². The van der Waals surface area contributed by atoms with Crippen LogP contribution in [0.1, 0.15) is 30.6 Å². The second-order valence-corrected chi connectivity index (χ2v) is 8.39. The van der Waals surface area contributed by atoms with Crippen LogP contribution in [0.3, 0.4) is 0 Å². The Morgan fingerprint density at radius 3 is 2.61 bits per heavy atom. The Morgan fingerprint density at radius 1 is 1.12 bits per heavy atom. The van der Waals surface area contributed by atoms with E-state index in [2.05, 4.69) is 35.0 Å². The van der Waals surface area contributed by atoms with Crippen molar-refractivity contribution >= 4 is 34.1 Å². The number of nitriles is 1. The van der Waals surface area contributed by atoms with Crippen molar-refractivity contribution in [2.75, 3.05) is 23.7 Å². The number of benzene rings is 2. The molecule has 0 saturated heterocycles. The van der Waals surface area contributed by atoms with Crippen molar-refractivity contribution in [1.82, 2.24) is 14.8 Å². The molecule has 0 atom stereocenters. The molecule has 0 aliphatic carbocycles. The summed E-state index contributed by atoms with van der Waals surface area (Å²) in [4.78, 5) is 15.2. The Labute approximate surface area is 197 Å². The first-order chi connectivity index (χ1) is 16.1. The number of aromatic nitrogens is 3. The average molecular weight is 460 g/mol. The Hall–Kier alpha value is -3.57. The van der Waals surface area contributed by atoms with Gasteiger partial charge in [0.25, 0.3) is 5.22 Å². The van der Waals surface area contributed by atoms with Crippen molar-refractivity contribution in [1.29, 1.82) is 5.26 Å². The lowest BCUT2D eigenvalue weighted by atomic mass is 10.1. The minimum atomic E-state index is -0.0183. The van der Waals surface area contributed by atoms with Crippen molar-refractivity contribution < 1.29 is 9.21 Å². The Morgan fingerprint density at radius 2 is 1.88 bits per heavy atom. The maximum atomic E-state index is 13.0. The summed E-state index contributed by atoms with van der Waals surface area (Å²) in [6.45, 7) is 6.70. The first-order valence-electron chi connectivity index (χ1n) is 10.9. The average Bonchev–Trinajstić information content (AvgIpc) is 3.48. The maximum Gasteiger partial charge on any atom is 0.277 e. The van der Waals surface area contributed by atoms with Gasteiger partial charge in [0.05, 0.1) is 18.2 Å². The summed E-state index contributed by atoms with van der Waals surface area (Å²) in [5.74, 6) is 0.605. The highest BCUT2D eigenvalue weighted by atomic mass is 32.2. The summed E-state index contributed by atoms with van der Waals surface area (Å²) in [6.07, 6.45) is 2.23. The number of nitrogens with zero attached hydrogens (tertiary/aromatic N) is 5. The molecule has 4 aromatic rings. The van der Waals surface area contributed by atoms with Gasteiger partial charge in [-0.25, -0.2) is 0 Å². The molecule has 2 aromatic carbocycles. The summed E-state index contributed by atoms with van der Waals surface area (Å²) in [7, 11) is 0. The van der Waals surface area contributed by atoms with E-state index in [9.17, 15) is 4.79 Å². The van der Waals surface area contributed by atoms with E-state index in [0.717, 1.165) is 35.2 Å². The number of fused-ring (bicyclic) bond motifs is 1. The predicted molar refractivity (Wildman–Crippen MR) is 131 cm³/mol. The molecule has 0 aliphatic heterocycles. The lowest BCUT2D eigenvalue weighted by Gasteiger charge is -2.20. The van der Waals surface area contributed by atoms with E-state index >= 15 is 0 Å². The van der Waals surface area contributed by atoms with E-state index < -0.39 is 0 Å². The minimum absolute atomic E-state index is 0.0183. The number of rotatable bonds is 10. The first kappa shape index (κ1) is 22.6. The number of hydrogen-bond acceptors (Lipinski definition) is 7. The topological polar surface area (TPSA) is 88.0 Å². The second-order valence-electron chi connectivity index (χ2n) is 7.47. The fourth-order valence-electron chi connectivity index (χ4n) is 3.82. The van der Waals surface area contributed by atoms with Gasteiger partial charge in [-0.1, -0.05) is 30.0 Å². The normalized spacial score (nSPS) is 10.9. The third-order valence-corrected chi connectivity index (χ3v) is 6.35. The predicted octanol–water partition coefficient (Wildman–Crippen LogP) is 5.43. The summed E-state index contributed by atoms with van der Waals surface area (Å²) >= 11 is 1.23.